The van der Waals surface area contributed by atoms with Gasteiger partial charge in [-0.25, -0.2) is 19.9 Å². The van der Waals surface area contributed by atoms with Crippen LogP contribution in [0.15, 0.2) is 48.9 Å². The molecule has 3 unspecified atom stereocenters. The first kappa shape index (κ1) is 27.4. The van der Waals surface area contributed by atoms with Crippen molar-refractivity contribution in [1.82, 2.24) is 34.0 Å². The van der Waals surface area contributed by atoms with Crippen LogP contribution in [0.25, 0.3) is 33.6 Å². The summed E-state index contributed by atoms with van der Waals surface area (Å²) in [7, 11) is 3.33. The van der Waals surface area contributed by atoms with Crippen molar-refractivity contribution in [3.8, 4) is 23.1 Å². The van der Waals surface area contributed by atoms with Gasteiger partial charge in [-0.1, -0.05) is 0 Å². The quantitative estimate of drug-likeness (QED) is 0.227. The van der Waals surface area contributed by atoms with Crippen molar-refractivity contribution in [2.24, 2.45) is 29.6 Å². The summed E-state index contributed by atoms with van der Waals surface area (Å²) in [6.07, 6.45) is 10.2. The molecule has 3 saturated carbocycles. The smallest absolute Gasteiger partial charge is 0.257 e. The summed E-state index contributed by atoms with van der Waals surface area (Å²) in [5.41, 5.74) is 4.43. The summed E-state index contributed by atoms with van der Waals surface area (Å²) in [5, 5.41) is 1.11. The van der Waals surface area contributed by atoms with E-state index < -0.39 is 0 Å². The van der Waals surface area contributed by atoms with E-state index >= 15 is 0 Å². The van der Waals surface area contributed by atoms with Crippen LogP contribution in [-0.4, -0.2) is 79.8 Å². The number of likely N-dealkylation sites (tertiary alicyclic amines) is 1. The molecule has 2 aliphatic heterocycles. The number of benzene rings is 1. The summed E-state index contributed by atoms with van der Waals surface area (Å²) in [5.74, 6) is 6.25. The number of hydrogen-bond acceptors (Lipinski definition) is 8. The van der Waals surface area contributed by atoms with Gasteiger partial charge in [0, 0.05) is 74.2 Å². The Morgan fingerprint density at radius 1 is 0.894 bits per heavy atom. The Labute approximate surface area is 272 Å². The number of pyridine rings is 1. The zero-order chi connectivity index (χ0) is 31.4. The Balaban J connectivity index is 1.07. The van der Waals surface area contributed by atoms with Crippen LogP contribution < -0.4 is 14.4 Å². The molecule has 4 atom stereocenters. The molecule has 2 saturated heterocycles. The number of ether oxygens (including phenoxy) is 2. The van der Waals surface area contributed by atoms with Gasteiger partial charge >= 0.3 is 0 Å². The lowest BCUT2D eigenvalue weighted by Crippen LogP contribution is -2.53. The Hall–Kier alpha value is -4.67. The van der Waals surface area contributed by atoms with Crippen LogP contribution in [0.4, 0.5) is 5.82 Å². The number of nitrogens with zero attached hydrogens (tertiary/aromatic N) is 8. The fourth-order valence-electron chi connectivity index (χ4n) is 9.06. The van der Waals surface area contributed by atoms with Crippen molar-refractivity contribution in [1.29, 1.82) is 0 Å². The van der Waals surface area contributed by atoms with Gasteiger partial charge in [-0.05, 0) is 79.7 Å². The highest BCUT2D eigenvalue weighted by molar-refractivity contribution is 6.00. The van der Waals surface area contributed by atoms with E-state index in [2.05, 4.69) is 41.0 Å². The first-order valence-electron chi connectivity index (χ1n) is 17.0. The number of carbonyl (C=O) groups excluding carboxylic acids is 1. The van der Waals surface area contributed by atoms with Gasteiger partial charge < -0.3 is 28.4 Å². The van der Waals surface area contributed by atoms with E-state index in [9.17, 15) is 4.79 Å². The van der Waals surface area contributed by atoms with E-state index in [1.165, 1.54) is 19.3 Å². The first-order valence-corrected chi connectivity index (χ1v) is 17.0. The number of methoxy groups -OCH3 is 2. The Bertz CT molecular complexity index is 2060. The molecule has 6 heterocycles. The van der Waals surface area contributed by atoms with Gasteiger partial charge in [0.25, 0.3) is 11.8 Å². The van der Waals surface area contributed by atoms with Gasteiger partial charge in [0.1, 0.15) is 16.9 Å². The van der Waals surface area contributed by atoms with E-state index in [0.717, 1.165) is 90.4 Å². The molecule has 10 rings (SSSR count). The van der Waals surface area contributed by atoms with Crippen molar-refractivity contribution in [3.63, 3.8) is 0 Å². The number of fused-ring (bicyclic) bond motifs is 2. The number of amides is 1. The van der Waals surface area contributed by atoms with Crippen LogP contribution in [0.2, 0.25) is 0 Å². The summed E-state index contributed by atoms with van der Waals surface area (Å²) < 4.78 is 16.3. The van der Waals surface area contributed by atoms with Gasteiger partial charge in [-0.3, -0.25) is 4.79 Å². The van der Waals surface area contributed by atoms with Crippen LogP contribution >= 0.6 is 0 Å². The summed E-state index contributed by atoms with van der Waals surface area (Å²) in [4.78, 5) is 37.4. The maximum absolute atomic E-state index is 14.0. The molecule has 11 heteroatoms. The van der Waals surface area contributed by atoms with Gasteiger partial charge in [0.05, 0.1) is 25.4 Å². The highest BCUT2D eigenvalue weighted by Crippen LogP contribution is 2.60. The van der Waals surface area contributed by atoms with Crippen LogP contribution in [0.5, 0.6) is 11.6 Å². The van der Waals surface area contributed by atoms with Crippen molar-refractivity contribution in [2.45, 2.75) is 44.8 Å². The average Bonchev–Trinajstić information content (AvgIpc) is 3.72. The molecule has 0 N–H and O–H groups in total. The minimum atomic E-state index is 0.110. The zero-order valence-corrected chi connectivity index (χ0v) is 26.7. The second kappa shape index (κ2) is 10.2. The highest BCUT2D eigenvalue weighted by atomic mass is 16.5. The van der Waals surface area contributed by atoms with Crippen molar-refractivity contribution in [2.75, 3.05) is 38.8 Å². The second-order valence-electron chi connectivity index (χ2n) is 14.3. The molecule has 3 aliphatic carbocycles. The van der Waals surface area contributed by atoms with Crippen molar-refractivity contribution in [3.05, 3.63) is 54.5 Å². The molecule has 47 heavy (non-hydrogen) atoms. The fraction of sp³-hybridized carbons (Fsp3) is 0.472. The molecule has 1 aromatic carbocycles. The molecular weight excluding hydrogens is 592 g/mol. The fourth-order valence-corrected chi connectivity index (χ4v) is 9.06. The van der Waals surface area contributed by atoms with Crippen LogP contribution in [0, 0.1) is 29.6 Å². The normalized spacial score (nSPS) is 24.6. The molecule has 0 spiro atoms. The monoisotopic (exact) mass is 630 g/mol. The Morgan fingerprint density at radius 2 is 1.74 bits per heavy atom. The maximum Gasteiger partial charge on any atom is 0.257 e. The summed E-state index contributed by atoms with van der Waals surface area (Å²) in [6.45, 7) is 4.18. The number of anilines is 1. The third-order valence-electron chi connectivity index (χ3n) is 11.6. The predicted molar refractivity (Wildman–Crippen MR) is 177 cm³/mol. The molecule has 240 valence electrons. The van der Waals surface area contributed by atoms with Gasteiger partial charge in [0.15, 0.2) is 11.6 Å². The molecule has 0 bridgehead atoms. The SMILES string of the molecule is COc1nccnc1N1CC(Cn2c(-c3cc4cccnc4n3CC3CC3)nc3cc(C(=O)N4CC5CC6CC4[C@H]65)cc(OC)c32)C1. The number of hydrogen-bond donors (Lipinski definition) is 0. The zero-order valence-electron chi connectivity index (χ0n) is 26.7. The van der Waals surface area contributed by atoms with E-state index in [-0.39, 0.29) is 5.91 Å². The molecule has 5 aromatic rings. The van der Waals surface area contributed by atoms with Gasteiger partial charge in [-0.15, -0.1) is 0 Å². The van der Waals surface area contributed by atoms with Crippen molar-refractivity contribution >= 4 is 33.8 Å². The number of aromatic nitrogens is 6. The third kappa shape index (κ3) is 4.14. The molecule has 1 amide bonds. The van der Waals surface area contributed by atoms with Crippen LogP contribution in [-0.2, 0) is 13.1 Å². The van der Waals surface area contributed by atoms with Crippen LogP contribution in [0.1, 0.15) is 36.0 Å². The van der Waals surface area contributed by atoms with Crippen molar-refractivity contribution < 1.29 is 14.3 Å². The average molecular weight is 631 g/mol. The Kier molecular flexibility index (Phi) is 5.93. The predicted octanol–water partition coefficient (Wildman–Crippen LogP) is 4.89. The lowest BCUT2D eigenvalue weighted by molar-refractivity contribution is -0.0204. The standard InChI is InChI=1S/C36H38N8O3/c1-46-29-14-24(36(45)43-19-25-10-23-13-27(43)30(23)25)11-26-31(29)44(18-21-15-41(16-21)34-35(47-2)39-9-8-38-34)33(40-26)28-12-22-4-3-7-37-32(22)42(28)17-20-5-6-20/h3-4,7-9,11-12,14,20-21,23,25,27,30H,5-6,10,13,15-19H2,1-2H3/t23?,25?,27?,30-/m1/s1. The summed E-state index contributed by atoms with van der Waals surface area (Å²) >= 11 is 0. The molecule has 11 nitrogen and oxygen atoms in total. The van der Waals surface area contributed by atoms with E-state index in [4.69, 9.17) is 19.4 Å². The Morgan fingerprint density at radius 3 is 2.53 bits per heavy atom. The molecule has 5 fully saturated rings. The van der Waals surface area contributed by atoms with Gasteiger partial charge in [-0.2, -0.15) is 0 Å². The molecular formula is C36H38N8O3. The van der Waals surface area contributed by atoms with E-state index in [1.807, 2.05) is 24.4 Å². The third-order valence-corrected chi connectivity index (χ3v) is 11.6. The molecule has 4 aromatic heterocycles. The number of imidazole rings is 1. The minimum Gasteiger partial charge on any atom is -0.494 e. The topological polar surface area (TPSA) is 103 Å². The lowest BCUT2D eigenvalue weighted by Gasteiger charge is -2.52. The maximum atomic E-state index is 14.0. The molecule has 0 radical (unpaired) electrons. The van der Waals surface area contributed by atoms with E-state index in [0.29, 0.717) is 41.0 Å². The lowest BCUT2D eigenvalue weighted by atomic mass is 9.53. The van der Waals surface area contributed by atoms with E-state index in [1.54, 1.807) is 26.6 Å². The largest absolute Gasteiger partial charge is 0.494 e. The number of carbonyl (C=O) groups is 1. The number of rotatable bonds is 9. The summed E-state index contributed by atoms with van der Waals surface area (Å²) in [6, 6.07) is 10.7. The second-order valence-corrected chi connectivity index (χ2v) is 14.3. The van der Waals surface area contributed by atoms with Gasteiger partial charge in [0.2, 0.25) is 0 Å². The highest BCUT2D eigenvalue weighted by Gasteiger charge is 2.61. The minimum absolute atomic E-state index is 0.110. The van der Waals surface area contributed by atoms with Crippen LogP contribution in [0.3, 0.4) is 0 Å². The first-order chi connectivity index (χ1) is 23.1. The molecule has 5 aliphatic rings.